The smallest absolute Gasteiger partial charge is 0.341 e. The van der Waals surface area contributed by atoms with Crippen molar-refractivity contribution in [2.24, 2.45) is 0 Å². The van der Waals surface area contributed by atoms with Crippen molar-refractivity contribution < 1.29 is 14.3 Å². The zero-order valence-electron chi connectivity index (χ0n) is 15.9. The van der Waals surface area contributed by atoms with Gasteiger partial charge in [-0.1, -0.05) is 19.3 Å². The van der Waals surface area contributed by atoms with Crippen molar-refractivity contribution in [3.05, 3.63) is 21.4 Å². The number of nitrogens with one attached hydrogen (secondary N) is 2. The SMILES string of the molecule is COC(=O)c1cc(I)cnc1NCCC(NC1CCCCC1)C(C)OC. The number of esters is 1. The van der Waals surface area contributed by atoms with Crippen molar-refractivity contribution >= 4 is 34.4 Å². The number of halogens is 1. The second-order valence-electron chi connectivity index (χ2n) is 6.81. The van der Waals surface area contributed by atoms with Gasteiger partial charge < -0.3 is 20.1 Å². The number of anilines is 1. The Kier molecular flexibility index (Phi) is 9.07. The van der Waals surface area contributed by atoms with E-state index in [-0.39, 0.29) is 18.1 Å². The number of aromatic nitrogens is 1. The fourth-order valence-electron chi connectivity index (χ4n) is 3.38. The summed E-state index contributed by atoms with van der Waals surface area (Å²) in [5.41, 5.74) is 0.468. The van der Waals surface area contributed by atoms with E-state index >= 15 is 0 Å². The molecule has 1 aliphatic rings. The lowest BCUT2D eigenvalue weighted by Crippen LogP contribution is -2.46. The maximum absolute atomic E-state index is 12.0. The van der Waals surface area contributed by atoms with Crippen LogP contribution in [0, 0.1) is 3.57 Å². The van der Waals surface area contributed by atoms with Crippen LogP contribution in [0.3, 0.4) is 0 Å². The minimum Gasteiger partial charge on any atom is -0.465 e. The van der Waals surface area contributed by atoms with Crippen LogP contribution in [0.5, 0.6) is 0 Å². The van der Waals surface area contributed by atoms with E-state index in [4.69, 9.17) is 9.47 Å². The van der Waals surface area contributed by atoms with Crippen LogP contribution in [0.4, 0.5) is 5.82 Å². The number of hydrogen-bond acceptors (Lipinski definition) is 6. The molecule has 146 valence electrons. The summed E-state index contributed by atoms with van der Waals surface area (Å²) >= 11 is 2.14. The second-order valence-corrected chi connectivity index (χ2v) is 8.05. The largest absolute Gasteiger partial charge is 0.465 e. The molecule has 26 heavy (non-hydrogen) atoms. The first kappa shape index (κ1) is 21.4. The number of carbonyl (C=O) groups is 1. The lowest BCUT2D eigenvalue weighted by atomic mass is 9.94. The van der Waals surface area contributed by atoms with Gasteiger partial charge in [0.25, 0.3) is 0 Å². The first-order chi connectivity index (χ1) is 12.5. The van der Waals surface area contributed by atoms with E-state index in [1.54, 1.807) is 19.4 Å². The molecule has 0 amide bonds. The van der Waals surface area contributed by atoms with Crippen LogP contribution in [-0.4, -0.2) is 49.9 Å². The predicted octanol–water partition coefficient (Wildman–Crippen LogP) is 3.60. The highest BCUT2D eigenvalue weighted by Gasteiger charge is 2.22. The topological polar surface area (TPSA) is 72.5 Å². The maximum Gasteiger partial charge on any atom is 0.341 e. The van der Waals surface area contributed by atoms with E-state index in [1.807, 2.05) is 0 Å². The van der Waals surface area contributed by atoms with Gasteiger partial charge in [-0.2, -0.15) is 0 Å². The molecule has 2 atom stereocenters. The Hall–Kier alpha value is -0.930. The highest BCUT2D eigenvalue weighted by molar-refractivity contribution is 14.1. The van der Waals surface area contributed by atoms with Gasteiger partial charge in [0, 0.05) is 35.5 Å². The molecule has 2 rings (SSSR count). The molecule has 0 radical (unpaired) electrons. The molecule has 2 unspecified atom stereocenters. The number of rotatable bonds is 9. The Morgan fingerprint density at radius 1 is 1.35 bits per heavy atom. The summed E-state index contributed by atoms with van der Waals surface area (Å²) in [4.78, 5) is 16.3. The summed E-state index contributed by atoms with van der Waals surface area (Å²) in [6, 6.07) is 2.63. The average Bonchev–Trinajstić information content (AvgIpc) is 2.67. The van der Waals surface area contributed by atoms with Gasteiger partial charge >= 0.3 is 5.97 Å². The molecular weight excluding hydrogens is 445 g/mol. The lowest BCUT2D eigenvalue weighted by molar-refractivity contribution is 0.0601. The van der Waals surface area contributed by atoms with E-state index in [1.165, 1.54) is 39.2 Å². The summed E-state index contributed by atoms with van der Waals surface area (Å²) in [5, 5.41) is 7.06. The summed E-state index contributed by atoms with van der Waals surface area (Å²) in [5.74, 6) is 0.194. The molecule has 7 heteroatoms. The molecule has 1 heterocycles. The molecule has 0 aromatic carbocycles. The minimum atomic E-state index is -0.374. The molecule has 0 aliphatic heterocycles. The van der Waals surface area contributed by atoms with Gasteiger partial charge in [-0.05, 0) is 54.8 Å². The van der Waals surface area contributed by atoms with Crippen molar-refractivity contribution in [1.82, 2.24) is 10.3 Å². The number of nitrogens with zero attached hydrogens (tertiary/aromatic N) is 1. The zero-order chi connectivity index (χ0) is 18.9. The third kappa shape index (κ3) is 6.35. The van der Waals surface area contributed by atoms with E-state index in [2.05, 4.69) is 45.1 Å². The Morgan fingerprint density at radius 2 is 2.08 bits per heavy atom. The summed E-state index contributed by atoms with van der Waals surface area (Å²) < 4.78 is 11.3. The monoisotopic (exact) mass is 475 g/mol. The highest BCUT2D eigenvalue weighted by Crippen LogP contribution is 2.20. The first-order valence-electron chi connectivity index (χ1n) is 9.31. The van der Waals surface area contributed by atoms with Crippen molar-refractivity contribution in [2.45, 2.75) is 63.6 Å². The Morgan fingerprint density at radius 3 is 2.73 bits per heavy atom. The number of carbonyl (C=O) groups excluding carboxylic acids is 1. The van der Waals surface area contributed by atoms with Gasteiger partial charge in [0.15, 0.2) is 0 Å². The zero-order valence-corrected chi connectivity index (χ0v) is 18.0. The summed E-state index contributed by atoms with van der Waals surface area (Å²) in [6.07, 6.45) is 9.20. The Labute approximate surface area is 170 Å². The third-order valence-corrected chi connectivity index (χ3v) is 5.59. The lowest BCUT2D eigenvalue weighted by Gasteiger charge is -2.31. The van der Waals surface area contributed by atoms with E-state index in [0.717, 1.165) is 9.99 Å². The van der Waals surface area contributed by atoms with Gasteiger partial charge in [-0.15, -0.1) is 0 Å². The molecule has 1 aromatic rings. The number of ether oxygens (including phenoxy) is 2. The number of pyridine rings is 1. The van der Waals surface area contributed by atoms with E-state index in [0.29, 0.717) is 24.0 Å². The van der Waals surface area contributed by atoms with Gasteiger partial charge in [-0.3, -0.25) is 0 Å². The Bertz CT molecular complexity index is 579. The van der Waals surface area contributed by atoms with E-state index < -0.39 is 0 Å². The molecule has 1 aromatic heterocycles. The fourth-order valence-corrected chi connectivity index (χ4v) is 3.83. The van der Waals surface area contributed by atoms with Gasteiger partial charge in [-0.25, -0.2) is 9.78 Å². The van der Waals surface area contributed by atoms with Gasteiger partial charge in [0.05, 0.1) is 13.2 Å². The van der Waals surface area contributed by atoms with Crippen LogP contribution in [0.2, 0.25) is 0 Å². The standard InChI is InChI=1S/C19H30IN3O3/c1-13(25-2)17(23-15-7-5-4-6-8-15)9-10-21-18-16(19(24)26-3)11-14(20)12-22-18/h11-13,15,17,23H,4-10H2,1-3H3,(H,21,22). The van der Waals surface area contributed by atoms with Crippen LogP contribution < -0.4 is 10.6 Å². The quantitative estimate of drug-likeness (QED) is 0.420. The molecule has 6 nitrogen and oxygen atoms in total. The second kappa shape index (κ2) is 11.0. The predicted molar refractivity (Wildman–Crippen MR) is 112 cm³/mol. The number of hydrogen-bond donors (Lipinski definition) is 2. The fraction of sp³-hybridized carbons (Fsp3) is 0.684. The van der Waals surface area contributed by atoms with Gasteiger partial charge in [0.2, 0.25) is 0 Å². The van der Waals surface area contributed by atoms with Crippen LogP contribution >= 0.6 is 22.6 Å². The molecule has 1 saturated carbocycles. The Balaban J connectivity index is 1.95. The van der Waals surface area contributed by atoms with Gasteiger partial charge in [0.1, 0.15) is 11.4 Å². The van der Waals surface area contributed by atoms with Crippen molar-refractivity contribution in [1.29, 1.82) is 0 Å². The third-order valence-electron chi connectivity index (χ3n) is 5.00. The van der Waals surface area contributed by atoms with Crippen LogP contribution in [0.25, 0.3) is 0 Å². The first-order valence-corrected chi connectivity index (χ1v) is 10.4. The molecule has 2 N–H and O–H groups in total. The van der Waals surface area contributed by atoms with Crippen LogP contribution in [0.1, 0.15) is 55.8 Å². The minimum absolute atomic E-state index is 0.128. The molecule has 1 aliphatic carbocycles. The molecular formula is C19H30IN3O3. The maximum atomic E-state index is 12.0. The van der Waals surface area contributed by atoms with Crippen molar-refractivity contribution in [3.8, 4) is 0 Å². The van der Waals surface area contributed by atoms with Crippen molar-refractivity contribution in [3.63, 3.8) is 0 Å². The molecule has 0 saturated heterocycles. The van der Waals surface area contributed by atoms with Crippen LogP contribution in [-0.2, 0) is 9.47 Å². The van der Waals surface area contributed by atoms with Crippen LogP contribution in [0.15, 0.2) is 12.3 Å². The molecule has 0 spiro atoms. The average molecular weight is 475 g/mol. The number of methoxy groups -OCH3 is 2. The molecule has 0 bridgehead atoms. The van der Waals surface area contributed by atoms with Crippen molar-refractivity contribution in [2.75, 3.05) is 26.1 Å². The molecule has 1 fully saturated rings. The summed E-state index contributed by atoms with van der Waals surface area (Å²) in [6.45, 7) is 2.80. The normalized spacial score (nSPS) is 17.5. The highest BCUT2D eigenvalue weighted by atomic mass is 127. The summed E-state index contributed by atoms with van der Waals surface area (Å²) in [7, 11) is 3.14. The van der Waals surface area contributed by atoms with E-state index in [9.17, 15) is 4.79 Å².